The predicted molar refractivity (Wildman–Crippen MR) is 93.5 cm³/mol. The lowest BCUT2D eigenvalue weighted by atomic mass is 10.2. The minimum absolute atomic E-state index is 0.0323. The Bertz CT molecular complexity index is 698. The van der Waals surface area contributed by atoms with Gasteiger partial charge in [0.15, 0.2) is 0 Å². The molecule has 1 aliphatic rings. The number of imidazole rings is 1. The van der Waals surface area contributed by atoms with E-state index in [0.717, 1.165) is 29.1 Å². The summed E-state index contributed by atoms with van der Waals surface area (Å²) in [5, 5.41) is 2.92. The number of anilines is 1. The van der Waals surface area contributed by atoms with Crippen LogP contribution in [0.4, 0.5) is 5.69 Å². The number of hydrogen-bond acceptors (Lipinski definition) is 3. The Kier molecular flexibility index (Phi) is 4.66. The molecule has 1 saturated heterocycles. The van der Waals surface area contributed by atoms with Crippen molar-refractivity contribution in [3.8, 4) is 0 Å². The van der Waals surface area contributed by atoms with Crippen LogP contribution in [0.1, 0.15) is 51.9 Å². The molecule has 1 N–H and O–H groups in total. The third-order valence-electron chi connectivity index (χ3n) is 4.45. The van der Waals surface area contributed by atoms with E-state index in [1.165, 1.54) is 25.9 Å². The molecule has 5 heteroatoms. The zero-order valence-corrected chi connectivity index (χ0v) is 14.3. The summed E-state index contributed by atoms with van der Waals surface area (Å²) in [6.07, 6.45) is 3.06. The number of rotatable bonds is 5. The fourth-order valence-corrected chi connectivity index (χ4v) is 3.30. The molecule has 124 valence electrons. The van der Waals surface area contributed by atoms with Crippen LogP contribution in [0, 0.1) is 0 Å². The zero-order valence-electron chi connectivity index (χ0n) is 14.3. The lowest BCUT2D eigenvalue weighted by Crippen LogP contribution is -2.21. The van der Waals surface area contributed by atoms with Gasteiger partial charge in [-0.15, -0.1) is 0 Å². The van der Waals surface area contributed by atoms with Crippen LogP contribution >= 0.6 is 0 Å². The van der Waals surface area contributed by atoms with Gasteiger partial charge in [-0.1, -0.05) is 6.92 Å². The van der Waals surface area contributed by atoms with Gasteiger partial charge in [0.1, 0.15) is 5.82 Å². The van der Waals surface area contributed by atoms with Gasteiger partial charge in [0.05, 0.1) is 17.6 Å². The van der Waals surface area contributed by atoms with Crippen molar-refractivity contribution in [2.45, 2.75) is 52.6 Å². The number of hydrogen-bond donors (Lipinski definition) is 1. The summed E-state index contributed by atoms with van der Waals surface area (Å²) >= 11 is 0. The molecule has 0 unspecified atom stereocenters. The molecule has 1 aromatic heterocycles. The van der Waals surface area contributed by atoms with Crippen LogP contribution in [0.5, 0.6) is 0 Å². The number of benzene rings is 1. The molecule has 0 bridgehead atoms. The average molecular weight is 314 g/mol. The Morgan fingerprint density at radius 3 is 2.70 bits per heavy atom. The molecule has 5 nitrogen and oxygen atoms in total. The molecule has 2 heterocycles. The van der Waals surface area contributed by atoms with Crippen LogP contribution in [-0.2, 0) is 11.3 Å². The van der Waals surface area contributed by atoms with Gasteiger partial charge in [-0.3, -0.25) is 9.69 Å². The lowest BCUT2D eigenvalue weighted by Gasteiger charge is -2.18. The Balaban J connectivity index is 1.95. The van der Waals surface area contributed by atoms with Gasteiger partial charge in [-0.2, -0.15) is 0 Å². The van der Waals surface area contributed by atoms with Gasteiger partial charge < -0.3 is 9.88 Å². The summed E-state index contributed by atoms with van der Waals surface area (Å²) in [6, 6.07) is 6.39. The second-order valence-corrected chi connectivity index (χ2v) is 6.58. The third-order valence-corrected chi connectivity index (χ3v) is 4.45. The maximum Gasteiger partial charge on any atom is 0.224 e. The Hall–Kier alpha value is -1.88. The molecule has 0 aliphatic carbocycles. The van der Waals surface area contributed by atoms with Crippen LogP contribution in [0.15, 0.2) is 18.2 Å². The quantitative estimate of drug-likeness (QED) is 0.918. The molecular formula is C18H26N4O. The Morgan fingerprint density at radius 2 is 2.04 bits per heavy atom. The topological polar surface area (TPSA) is 50.2 Å². The molecule has 3 rings (SSSR count). The number of carbonyl (C=O) groups is 1. The van der Waals surface area contributed by atoms with E-state index in [2.05, 4.69) is 34.7 Å². The summed E-state index contributed by atoms with van der Waals surface area (Å²) in [6.45, 7) is 9.49. The van der Waals surface area contributed by atoms with E-state index >= 15 is 0 Å². The minimum Gasteiger partial charge on any atom is -0.326 e. The minimum atomic E-state index is 0.0323. The van der Waals surface area contributed by atoms with Crippen molar-refractivity contribution in [2.24, 2.45) is 0 Å². The Morgan fingerprint density at radius 1 is 1.30 bits per heavy atom. The summed E-state index contributed by atoms with van der Waals surface area (Å²) in [5.41, 5.74) is 2.93. The Labute approximate surface area is 137 Å². The molecule has 1 aliphatic heterocycles. The molecule has 1 aromatic carbocycles. The average Bonchev–Trinajstić information content (AvgIpc) is 3.13. The second-order valence-electron chi connectivity index (χ2n) is 6.58. The van der Waals surface area contributed by atoms with Crippen molar-refractivity contribution < 1.29 is 4.79 Å². The van der Waals surface area contributed by atoms with Crippen molar-refractivity contribution in [2.75, 3.05) is 18.4 Å². The van der Waals surface area contributed by atoms with Crippen LogP contribution in [-0.4, -0.2) is 33.4 Å². The molecule has 1 amide bonds. The van der Waals surface area contributed by atoms with Crippen molar-refractivity contribution in [3.63, 3.8) is 0 Å². The first kappa shape index (κ1) is 16.0. The molecule has 0 atom stereocenters. The first-order valence-corrected chi connectivity index (χ1v) is 8.61. The van der Waals surface area contributed by atoms with Crippen molar-refractivity contribution in [3.05, 3.63) is 24.0 Å². The normalized spacial score (nSPS) is 15.7. The molecule has 0 radical (unpaired) electrons. The summed E-state index contributed by atoms with van der Waals surface area (Å²) < 4.78 is 2.32. The summed E-state index contributed by atoms with van der Waals surface area (Å²) in [5.74, 6) is 1.15. The summed E-state index contributed by atoms with van der Waals surface area (Å²) in [4.78, 5) is 18.9. The molecule has 23 heavy (non-hydrogen) atoms. The van der Waals surface area contributed by atoms with Gasteiger partial charge in [-0.05, 0) is 58.0 Å². The van der Waals surface area contributed by atoms with E-state index in [1.54, 1.807) is 0 Å². The maximum atomic E-state index is 11.6. The summed E-state index contributed by atoms with van der Waals surface area (Å²) in [7, 11) is 0. The fraction of sp³-hybridized carbons (Fsp3) is 0.556. The third kappa shape index (κ3) is 3.39. The highest BCUT2D eigenvalue weighted by Crippen LogP contribution is 2.25. The first-order valence-electron chi connectivity index (χ1n) is 8.61. The van der Waals surface area contributed by atoms with Crippen LogP contribution in [0.25, 0.3) is 11.0 Å². The van der Waals surface area contributed by atoms with E-state index in [1.807, 2.05) is 19.1 Å². The number of likely N-dealkylation sites (tertiary alicyclic amines) is 1. The SMILES string of the molecule is CCC(=O)Nc1ccc2c(c1)nc(CN1CCCC1)n2C(C)C. The van der Waals surface area contributed by atoms with Crippen LogP contribution in [0.2, 0.25) is 0 Å². The fourth-order valence-electron chi connectivity index (χ4n) is 3.30. The van der Waals surface area contributed by atoms with Crippen molar-refractivity contribution in [1.82, 2.24) is 14.5 Å². The highest BCUT2D eigenvalue weighted by atomic mass is 16.1. The smallest absolute Gasteiger partial charge is 0.224 e. The number of nitrogens with one attached hydrogen (secondary N) is 1. The van der Waals surface area contributed by atoms with Gasteiger partial charge in [-0.25, -0.2) is 4.98 Å². The molecular weight excluding hydrogens is 288 g/mol. The van der Waals surface area contributed by atoms with Crippen LogP contribution in [0.3, 0.4) is 0 Å². The van der Waals surface area contributed by atoms with Crippen LogP contribution < -0.4 is 5.32 Å². The van der Waals surface area contributed by atoms with E-state index in [0.29, 0.717) is 12.5 Å². The van der Waals surface area contributed by atoms with Crippen molar-refractivity contribution >= 4 is 22.6 Å². The zero-order chi connectivity index (χ0) is 16.4. The number of carbonyl (C=O) groups excluding carboxylic acids is 1. The number of nitrogens with zero attached hydrogens (tertiary/aromatic N) is 3. The first-order chi connectivity index (χ1) is 11.1. The highest BCUT2D eigenvalue weighted by Gasteiger charge is 2.18. The number of fused-ring (bicyclic) bond motifs is 1. The molecule has 0 saturated carbocycles. The lowest BCUT2D eigenvalue weighted by molar-refractivity contribution is -0.115. The molecule has 1 fully saturated rings. The van der Waals surface area contributed by atoms with Crippen molar-refractivity contribution in [1.29, 1.82) is 0 Å². The molecule has 2 aromatic rings. The van der Waals surface area contributed by atoms with Gasteiger partial charge in [0.25, 0.3) is 0 Å². The van der Waals surface area contributed by atoms with E-state index in [9.17, 15) is 4.79 Å². The largest absolute Gasteiger partial charge is 0.326 e. The predicted octanol–water partition coefficient (Wildman–Crippen LogP) is 3.56. The van der Waals surface area contributed by atoms with E-state index in [-0.39, 0.29) is 5.91 Å². The monoisotopic (exact) mass is 314 g/mol. The second kappa shape index (κ2) is 6.71. The number of amides is 1. The molecule has 0 spiro atoms. The van der Waals surface area contributed by atoms with Gasteiger partial charge in [0, 0.05) is 18.2 Å². The van der Waals surface area contributed by atoms with E-state index < -0.39 is 0 Å². The van der Waals surface area contributed by atoms with E-state index in [4.69, 9.17) is 4.98 Å². The number of aromatic nitrogens is 2. The van der Waals surface area contributed by atoms with Gasteiger partial charge >= 0.3 is 0 Å². The van der Waals surface area contributed by atoms with Gasteiger partial charge in [0.2, 0.25) is 5.91 Å². The highest BCUT2D eigenvalue weighted by molar-refractivity contribution is 5.93. The standard InChI is InChI=1S/C18H26N4O/c1-4-18(23)19-14-7-8-16-15(11-14)20-17(22(16)13(2)3)12-21-9-5-6-10-21/h7-8,11,13H,4-6,9-10,12H2,1-3H3,(H,19,23). The maximum absolute atomic E-state index is 11.6.